The molecule has 4 aliphatic rings. The molecule has 156 valence electrons. The van der Waals surface area contributed by atoms with Gasteiger partial charge in [-0.2, -0.15) is 0 Å². The fourth-order valence-corrected chi connectivity index (χ4v) is 8.64. The van der Waals surface area contributed by atoms with Crippen LogP contribution in [0, 0.1) is 46.3 Å². The molecule has 6 unspecified atom stereocenters. The highest BCUT2D eigenvalue weighted by Gasteiger charge is 2.59. The van der Waals surface area contributed by atoms with Crippen LogP contribution in [0.15, 0.2) is 0 Å². The SMILES string of the molecule is CC1CC(C)(C)CC(O)(C2(O)CCC(C3CC4CC3C(C)C4(C)C)CC2)C1. The molecule has 0 aliphatic heterocycles. The van der Waals surface area contributed by atoms with Crippen molar-refractivity contribution in [3.63, 3.8) is 0 Å². The lowest BCUT2D eigenvalue weighted by Crippen LogP contribution is -2.60. The van der Waals surface area contributed by atoms with E-state index in [2.05, 4.69) is 41.5 Å². The van der Waals surface area contributed by atoms with Gasteiger partial charge >= 0.3 is 0 Å². The summed E-state index contributed by atoms with van der Waals surface area (Å²) in [5.41, 5.74) is -1.10. The van der Waals surface area contributed by atoms with Crippen LogP contribution in [0.5, 0.6) is 0 Å². The molecule has 2 bridgehead atoms. The van der Waals surface area contributed by atoms with Crippen LogP contribution in [-0.4, -0.2) is 21.4 Å². The van der Waals surface area contributed by atoms with Crippen LogP contribution in [0.1, 0.15) is 99.3 Å². The Bertz CT molecular complexity index is 567. The second kappa shape index (κ2) is 6.21. The Balaban J connectivity index is 1.43. The van der Waals surface area contributed by atoms with Gasteiger partial charge < -0.3 is 10.2 Å². The van der Waals surface area contributed by atoms with Crippen LogP contribution in [0.2, 0.25) is 0 Å². The Labute approximate surface area is 167 Å². The van der Waals surface area contributed by atoms with Crippen molar-refractivity contribution in [2.75, 3.05) is 0 Å². The van der Waals surface area contributed by atoms with Crippen LogP contribution in [0.3, 0.4) is 0 Å². The topological polar surface area (TPSA) is 40.5 Å². The van der Waals surface area contributed by atoms with Gasteiger partial charge in [0.2, 0.25) is 0 Å². The van der Waals surface area contributed by atoms with Gasteiger partial charge in [0.25, 0.3) is 0 Å². The molecule has 2 heteroatoms. The van der Waals surface area contributed by atoms with Gasteiger partial charge in [-0.3, -0.25) is 0 Å². The summed E-state index contributed by atoms with van der Waals surface area (Å²) in [5.74, 6) is 4.79. The summed E-state index contributed by atoms with van der Waals surface area (Å²) in [6, 6.07) is 0. The Kier molecular flexibility index (Phi) is 4.65. The smallest absolute Gasteiger partial charge is 0.0941 e. The van der Waals surface area contributed by atoms with E-state index in [1.165, 1.54) is 12.8 Å². The van der Waals surface area contributed by atoms with E-state index in [1.807, 2.05) is 0 Å². The van der Waals surface area contributed by atoms with E-state index in [1.54, 1.807) is 0 Å². The third kappa shape index (κ3) is 3.12. The van der Waals surface area contributed by atoms with Gasteiger partial charge in [-0.1, -0.05) is 41.5 Å². The minimum absolute atomic E-state index is 0.130. The van der Waals surface area contributed by atoms with Gasteiger partial charge in [-0.15, -0.1) is 0 Å². The normalized spacial score (nSPS) is 54.2. The highest BCUT2D eigenvalue weighted by atomic mass is 16.4. The summed E-state index contributed by atoms with van der Waals surface area (Å²) in [7, 11) is 0. The van der Waals surface area contributed by atoms with Gasteiger partial charge in [0.15, 0.2) is 0 Å². The first kappa shape index (κ1) is 20.2. The highest BCUT2D eigenvalue weighted by molar-refractivity contribution is 5.10. The molecule has 0 saturated heterocycles. The van der Waals surface area contributed by atoms with E-state index >= 15 is 0 Å². The summed E-state index contributed by atoms with van der Waals surface area (Å²) in [4.78, 5) is 0. The van der Waals surface area contributed by atoms with Crippen LogP contribution in [0.4, 0.5) is 0 Å². The molecule has 4 rings (SSSR count). The standard InChI is InChI=1S/C25H44O2/c1-16-13-22(3,4)15-25(27,14-16)24(26)9-7-18(8-10-24)21-12-19-11-20(21)17(2)23(19,5)6/h16-21,26-27H,7-15H2,1-6H3. The number of hydrogen-bond donors (Lipinski definition) is 2. The molecule has 4 aliphatic carbocycles. The largest absolute Gasteiger partial charge is 0.387 e. The zero-order valence-corrected chi connectivity index (χ0v) is 18.7. The monoisotopic (exact) mass is 376 g/mol. The lowest BCUT2D eigenvalue weighted by Gasteiger charge is -2.55. The number of hydrogen-bond acceptors (Lipinski definition) is 2. The van der Waals surface area contributed by atoms with Gasteiger partial charge in [-0.25, -0.2) is 0 Å². The molecular weight excluding hydrogens is 332 g/mol. The Hall–Kier alpha value is -0.0800. The number of aliphatic hydroxyl groups is 2. The third-order valence-corrected chi connectivity index (χ3v) is 10.2. The molecule has 0 spiro atoms. The molecule has 2 nitrogen and oxygen atoms in total. The average Bonchev–Trinajstić information content (AvgIpc) is 3.05. The molecule has 4 fully saturated rings. The van der Waals surface area contributed by atoms with Crippen LogP contribution < -0.4 is 0 Å². The van der Waals surface area contributed by atoms with Crippen molar-refractivity contribution in [1.82, 2.24) is 0 Å². The zero-order valence-electron chi connectivity index (χ0n) is 18.7. The molecule has 0 aromatic heterocycles. The zero-order chi connectivity index (χ0) is 19.8. The van der Waals surface area contributed by atoms with Crippen LogP contribution in [0.25, 0.3) is 0 Å². The van der Waals surface area contributed by atoms with Crippen molar-refractivity contribution in [3.8, 4) is 0 Å². The first-order valence-corrected chi connectivity index (χ1v) is 11.8. The molecule has 0 aromatic rings. The third-order valence-electron chi connectivity index (χ3n) is 10.2. The lowest BCUT2D eigenvalue weighted by atomic mass is 9.55. The minimum Gasteiger partial charge on any atom is -0.387 e. The van der Waals surface area contributed by atoms with Gasteiger partial charge in [0.1, 0.15) is 0 Å². The molecule has 4 saturated carbocycles. The molecule has 0 aromatic carbocycles. The second-order valence-corrected chi connectivity index (χ2v) is 12.9. The minimum atomic E-state index is -0.886. The first-order valence-electron chi connectivity index (χ1n) is 11.8. The van der Waals surface area contributed by atoms with E-state index in [0.29, 0.717) is 11.3 Å². The van der Waals surface area contributed by atoms with Crippen molar-refractivity contribution in [3.05, 3.63) is 0 Å². The molecule has 6 atom stereocenters. The quantitative estimate of drug-likeness (QED) is 0.639. The van der Waals surface area contributed by atoms with Crippen molar-refractivity contribution >= 4 is 0 Å². The van der Waals surface area contributed by atoms with E-state index in [0.717, 1.165) is 74.5 Å². The maximum atomic E-state index is 11.6. The summed E-state index contributed by atoms with van der Waals surface area (Å²) in [5, 5.41) is 23.2. The number of fused-ring (bicyclic) bond motifs is 2. The molecule has 0 radical (unpaired) electrons. The number of rotatable bonds is 2. The molecule has 0 heterocycles. The second-order valence-electron chi connectivity index (χ2n) is 12.9. The molecular formula is C25H44O2. The molecule has 27 heavy (non-hydrogen) atoms. The van der Waals surface area contributed by atoms with Crippen molar-refractivity contribution in [2.24, 2.45) is 46.3 Å². The van der Waals surface area contributed by atoms with Crippen LogP contribution >= 0.6 is 0 Å². The van der Waals surface area contributed by atoms with Crippen LogP contribution in [-0.2, 0) is 0 Å². The van der Waals surface area contributed by atoms with E-state index in [-0.39, 0.29) is 5.41 Å². The Morgan fingerprint density at radius 2 is 1.37 bits per heavy atom. The summed E-state index contributed by atoms with van der Waals surface area (Å²) in [6.45, 7) is 14.2. The predicted molar refractivity (Wildman–Crippen MR) is 111 cm³/mol. The first-order chi connectivity index (χ1) is 12.4. The van der Waals surface area contributed by atoms with E-state index in [4.69, 9.17) is 0 Å². The molecule has 2 N–H and O–H groups in total. The maximum Gasteiger partial charge on any atom is 0.0941 e. The average molecular weight is 377 g/mol. The molecule has 0 amide bonds. The van der Waals surface area contributed by atoms with Gasteiger partial charge in [-0.05, 0) is 104 Å². The summed E-state index contributed by atoms with van der Waals surface area (Å²) < 4.78 is 0. The summed E-state index contributed by atoms with van der Waals surface area (Å²) >= 11 is 0. The van der Waals surface area contributed by atoms with Crippen molar-refractivity contribution in [1.29, 1.82) is 0 Å². The Morgan fingerprint density at radius 3 is 1.89 bits per heavy atom. The van der Waals surface area contributed by atoms with Gasteiger partial charge in [0, 0.05) is 0 Å². The summed E-state index contributed by atoms with van der Waals surface area (Å²) in [6.07, 6.45) is 9.40. The van der Waals surface area contributed by atoms with Crippen molar-refractivity contribution < 1.29 is 10.2 Å². The lowest BCUT2D eigenvalue weighted by molar-refractivity contribution is -0.211. The maximum absolute atomic E-state index is 11.6. The fraction of sp³-hybridized carbons (Fsp3) is 1.00. The predicted octanol–water partition coefficient (Wildman–Crippen LogP) is 5.80. The van der Waals surface area contributed by atoms with Crippen molar-refractivity contribution in [2.45, 2.75) is 111 Å². The fourth-order valence-electron chi connectivity index (χ4n) is 8.64. The van der Waals surface area contributed by atoms with E-state index in [9.17, 15) is 10.2 Å². The van der Waals surface area contributed by atoms with Gasteiger partial charge in [0.05, 0.1) is 11.2 Å². The Morgan fingerprint density at radius 1 is 0.778 bits per heavy atom. The van der Waals surface area contributed by atoms with E-state index < -0.39 is 11.2 Å². The highest BCUT2D eigenvalue weighted by Crippen LogP contribution is 2.64.